The minimum Gasteiger partial charge on any atom is -0.425 e. The number of anilines is 1. The molecule has 6 heteroatoms. The third-order valence-electron chi connectivity index (χ3n) is 5.33. The SMILES string of the molecule is CCc1nnc([C@]23CCC[C@H]2CN(c2ccncc2C#N)C3)o1. The number of rotatable bonds is 3. The van der Waals surface area contributed by atoms with Crippen molar-refractivity contribution in [2.24, 2.45) is 5.92 Å². The van der Waals surface area contributed by atoms with Crippen molar-refractivity contribution in [3.05, 3.63) is 35.8 Å². The molecule has 0 N–H and O–H groups in total. The van der Waals surface area contributed by atoms with E-state index in [1.165, 1.54) is 12.8 Å². The van der Waals surface area contributed by atoms with Crippen LogP contribution in [0.4, 0.5) is 5.69 Å². The summed E-state index contributed by atoms with van der Waals surface area (Å²) in [5.41, 5.74) is 1.53. The smallest absolute Gasteiger partial charge is 0.224 e. The molecule has 1 saturated heterocycles. The van der Waals surface area contributed by atoms with E-state index in [4.69, 9.17) is 4.42 Å². The van der Waals surface area contributed by atoms with Gasteiger partial charge in [-0.3, -0.25) is 4.98 Å². The first-order valence-corrected chi connectivity index (χ1v) is 8.19. The standard InChI is InChI=1S/C17H19N5O/c1-2-15-20-21-16(23-15)17-6-3-4-13(17)10-22(11-17)14-5-7-19-9-12(14)8-18/h5,7,9,13H,2-4,6,10-11H2,1H3/t13-,17-/m0/s1. The van der Waals surface area contributed by atoms with Gasteiger partial charge in [-0.25, -0.2) is 0 Å². The predicted molar refractivity (Wildman–Crippen MR) is 83.9 cm³/mol. The molecule has 1 aliphatic heterocycles. The third kappa shape index (κ3) is 2.11. The Morgan fingerprint density at radius 1 is 1.48 bits per heavy atom. The highest BCUT2D eigenvalue weighted by Gasteiger charge is 2.54. The van der Waals surface area contributed by atoms with Crippen LogP contribution in [0.15, 0.2) is 22.9 Å². The van der Waals surface area contributed by atoms with E-state index in [1.807, 2.05) is 13.0 Å². The lowest BCUT2D eigenvalue weighted by Gasteiger charge is -2.25. The zero-order valence-corrected chi connectivity index (χ0v) is 13.2. The van der Waals surface area contributed by atoms with Crippen LogP contribution in [0, 0.1) is 17.2 Å². The Labute approximate surface area is 135 Å². The molecule has 3 heterocycles. The van der Waals surface area contributed by atoms with Crippen LogP contribution in [0.25, 0.3) is 0 Å². The van der Waals surface area contributed by atoms with Gasteiger partial charge in [0.15, 0.2) is 0 Å². The fourth-order valence-electron chi connectivity index (χ4n) is 4.17. The first-order chi connectivity index (χ1) is 11.3. The van der Waals surface area contributed by atoms with Gasteiger partial charge in [0.2, 0.25) is 11.8 Å². The Morgan fingerprint density at radius 2 is 2.39 bits per heavy atom. The summed E-state index contributed by atoms with van der Waals surface area (Å²) in [5, 5.41) is 17.9. The Kier molecular flexibility index (Phi) is 3.29. The van der Waals surface area contributed by atoms with Crippen LogP contribution in [-0.2, 0) is 11.8 Å². The summed E-state index contributed by atoms with van der Waals surface area (Å²) in [6, 6.07) is 4.18. The van der Waals surface area contributed by atoms with Gasteiger partial charge in [0, 0.05) is 31.9 Å². The fraction of sp³-hybridized carbons (Fsp3) is 0.529. The van der Waals surface area contributed by atoms with Crippen LogP contribution in [-0.4, -0.2) is 28.3 Å². The van der Waals surface area contributed by atoms with Crippen molar-refractivity contribution < 1.29 is 4.42 Å². The molecule has 2 fully saturated rings. The molecule has 0 radical (unpaired) electrons. The quantitative estimate of drug-likeness (QED) is 0.866. The molecule has 4 rings (SSSR count). The Balaban J connectivity index is 1.70. The first-order valence-electron chi connectivity index (χ1n) is 8.19. The lowest BCUT2D eigenvalue weighted by Crippen LogP contribution is -2.32. The van der Waals surface area contributed by atoms with Crippen molar-refractivity contribution in [2.75, 3.05) is 18.0 Å². The molecule has 2 aromatic rings. The van der Waals surface area contributed by atoms with E-state index in [9.17, 15) is 5.26 Å². The minimum atomic E-state index is -0.0591. The van der Waals surface area contributed by atoms with Gasteiger partial charge in [-0.2, -0.15) is 5.26 Å². The summed E-state index contributed by atoms with van der Waals surface area (Å²) in [5.74, 6) is 2.00. The zero-order chi connectivity index (χ0) is 15.9. The lowest BCUT2D eigenvalue weighted by atomic mass is 9.80. The molecule has 2 aromatic heterocycles. The monoisotopic (exact) mass is 309 g/mol. The second kappa shape index (κ2) is 5.34. The van der Waals surface area contributed by atoms with Crippen LogP contribution < -0.4 is 4.90 Å². The molecule has 0 unspecified atom stereocenters. The Bertz CT molecular complexity index is 764. The molecular formula is C17H19N5O. The summed E-state index contributed by atoms with van der Waals surface area (Å²) in [6.45, 7) is 3.79. The van der Waals surface area contributed by atoms with E-state index >= 15 is 0 Å². The Morgan fingerprint density at radius 3 is 3.17 bits per heavy atom. The zero-order valence-electron chi connectivity index (χ0n) is 13.2. The van der Waals surface area contributed by atoms with Crippen LogP contribution in [0.5, 0.6) is 0 Å². The van der Waals surface area contributed by atoms with E-state index in [0.29, 0.717) is 17.4 Å². The van der Waals surface area contributed by atoms with Crippen LogP contribution in [0.2, 0.25) is 0 Å². The third-order valence-corrected chi connectivity index (χ3v) is 5.33. The number of aryl methyl sites for hydroxylation is 1. The molecule has 0 bridgehead atoms. The van der Waals surface area contributed by atoms with Crippen molar-refractivity contribution >= 4 is 5.69 Å². The molecule has 23 heavy (non-hydrogen) atoms. The largest absolute Gasteiger partial charge is 0.425 e. The van der Waals surface area contributed by atoms with Crippen LogP contribution in [0.3, 0.4) is 0 Å². The highest BCUT2D eigenvalue weighted by Crippen LogP contribution is 2.51. The number of nitrogens with zero attached hydrogens (tertiary/aromatic N) is 5. The maximum atomic E-state index is 9.34. The number of pyridine rings is 1. The molecule has 1 saturated carbocycles. The van der Waals surface area contributed by atoms with E-state index in [1.54, 1.807) is 12.4 Å². The average Bonchev–Trinajstić information content (AvgIpc) is 3.27. The molecule has 0 spiro atoms. The Hall–Kier alpha value is -2.42. The van der Waals surface area contributed by atoms with E-state index in [0.717, 1.165) is 37.5 Å². The molecule has 2 atom stereocenters. The van der Waals surface area contributed by atoms with Crippen LogP contribution >= 0.6 is 0 Å². The second-order valence-electron chi connectivity index (χ2n) is 6.48. The van der Waals surface area contributed by atoms with E-state index in [-0.39, 0.29) is 5.41 Å². The normalized spacial score (nSPS) is 26.3. The van der Waals surface area contributed by atoms with Crippen LogP contribution in [0.1, 0.15) is 43.5 Å². The molecule has 6 nitrogen and oxygen atoms in total. The second-order valence-corrected chi connectivity index (χ2v) is 6.48. The number of fused-ring (bicyclic) bond motifs is 1. The number of nitriles is 1. The van der Waals surface area contributed by atoms with E-state index < -0.39 is 0 Å². The van der Waals surface area contributed by atoms with Gasteiger partial charge in [-0.05, 0) is 24.8 Å². The van der Waals surface area contributed by atoms with Gasteiger partial charge in [-0.15, -0.1) is 10.2 Å². The van der Waals surface area contributed by atoms with Gasteiger partial charge >= 0.3 is 0 Å². The van der Waals surface area contributed by atoms with Crippen molar-refractivity contribution in [1.82, 2.24) is 15.2 Å². The predicted octanol–water partition coefficient (Wildman–Crippen LogP) is 2.46. The number of hydrogen-bond donors (Lipinski definition) is 0. The minimum absolute atomic E-state index is 0.0591. The highest BCUT2D eigenvalue weighted by molar-refractivity contribution is 5.59. The van der Waals surface area contributed by atoms with Gasteiger partial charge in [-0.1, -0.05) is 13.3 Å². The molecule has 0 amide bonds. The number of aromatic nitrogens is 3. The first kappa shape index (κ1) is 14.2. The van der Waals surface area contributed by atoms with Crippen molar-refractivity contribution in [3.8, 4) is 6.07 Å². The average molecular weight is 309 g/mol. The lowest BCUT2D eigenvalue weighted by molar-refractivity contribution is 0.297. The maximum absolute atomic E-state index is 9.34. The van der Waals surface area contributed by atoms with Crippen molar-refractivity contribution in [3.63, 3.8) is 0 Å². The molecule has 2 aliphatic rings. The molecular weight excluding hydrogens is 290 g/mol. The summed E-state index contributed by atoms with van der Waals surface area (Å²) in [4.78, 5) is 6.35. The summed E-state index contributed by atoms with van der Waals surface area (Å²) >= 11 is 0. The topological polar surface area (TPSA) is 78.8 Å². The summed E-state index contributed by atoms with van der Waals surface area (Å²) < 4.78 is 5.94. The van der Waals surface area contributed by atoms with Crippen molar-refractivity contribution in [2.45, 2.75) is 38.0 Å². The van der Waals surface area contributed by atoms with E-state index in [2.05, 4.69) is 26.2 Å². The van der Waals surface area contributed by atoms with Gasteiger partial charge in [0.25, 0.3) is 0 Å². The van der Waals surface area contributed by atoms with Crippen molar-refractivity contribution in [1.29, 1.82) is 5.26 Å². The highest BCUT2D eigenvalue weighted by atomic mass is 16.4. The summed E-state index contributed by atoms with van der Waals surface area (Å²) in [6.07, 6.45) is 7.60. The fourth-order valence-corrected chi connectivity index (χ4v) is 4.17. The molecule has 118 valence electrons. The maximum Gasteiger partial charge on any atom is 0.224 e. The number of hydrogen-bond acceptors (Lipinski definition) is 6. The van der Waals surface area contributed by atoms with Gasteiger partial charge in [0.05, 0.1) is 16.7 Å². The summed E-state index contributed by atoms with van der Waals surface area (Å²) in [7, 11) is 0. The molecule has 0 aromatic carbocycles. The van der Waals surface area contributed by atoms with Gasteiger partial charge < -0.3 is 9.32 Å². The molecule has 1 aliphatic carbocycles. The van der Waals surface area contributed by atoms with Gasteiger partial charge in [0.1, 0.15) is 6.07 Å².